The first kappa shape index (κ1) is 17.2. The van der Waals surface area contributed by atoms with Gasteiger partial charge in [-0.1, -0.05) is 30.0 Å². The van der Waals surface area contributed by atoms with Crippen LogP contribution in [0.2, 0.25) is 0 Å². The number of nitrogens with zero attached hydrogens (tertiary/aromatic N) is 3. The van der Waals surface area contributed by atoms with Crippen LogP contribution in [0.25, 0.3) is 0 Å². The lowest BCUT2D eigenvalue weighted by atomic mass is 10.0. The van der Waals surface area contributed by atoms with Crippen molar-refractivity contribution in [2.75, 3.05) is 37.9 Å². The summed E-state index contributed by atoms with van der Waals surface area (Å²) >= 11 is 6.73. The molecule has 0 radical (unpaired) electrons. The molecule has 1 atom stereocenters. The molecule has 3 nitrogen and oxygen atoms in total. The van der Waals surface area contributed by atoms with Crippen LogP contribution in [0.3, 0.4) is 0 Å². The number of fused-ring (bicyclic) bond motifs is 1. The maximum Gasteiger partial charge on any atom is 0.130 e. The molecule has 0 N–H and O–H groups in total. The number of hydrogen-bond donors (Lipinski definition) is 0. The molecule has 4 aliphatic rings. The van der Waals surface area contributed by atoms with Gasteiger partial charge in [-0.3, -0.25) is 4.67 Å². The molecule has 5 rings (SSSR count). The molecule has 0 saturated carbocycles. The van der Waals surface area contributed by atoms with Crippen molar-refractivity contribution in [1.82, 2.24) is 9.57 Å². The van der Waals surface area contributed by atoms with Gasteiger partial charge in [0.2, 0.25) is 0 Å². The minimum atomic E-state index is -1.93. The highest BCUT2D eigenvalue weighted by Gasteiger charge is 2.46. The lowest BCUT2D eigenvalue weighted by molar-refractivity contribution is 0.228. The first-order valence-electron chi connectivity index (χ1n) is 10.0. The van der Waals surface area contributed by atoms with Crippen molar-refractivity contribution in [3.63, 3.8) is 0 Å². The Morgan fingerprint density at radius 3 is 2.31 bits per heavy atom. The van der Waals surface area contributed by atoms with Crippen LogP contribution >= 0.6 is 6.34 Å². The Balaban J connectivity index is 1.68. The van der Waals surface area contributed by atoms with Crippen molar-refractivity contribution in [1.29, 1.82) is 0 Å². The van der Waals surface area contributed by atoms with Crippen LogP contribution in [0.5, 0.6) is 0 Å². The van der Waals surface area contributed by atoms with Crippen LogP contribution in [-0.4, -0.2) is 42.8 Å². The fourth-order valence-corrected chi connectivity index (χ4v) is 10.5. The Morgan fingerprint density at radius 1 is 0.846 bits per heavy atom. The summed E-state index contributed by atoms with van der Waals surface area (Å²) in [5, 5.41) is 1.65. The predicted octanol–water partition coefficient (Wildman–Crippen LogP) is 4.94. The Labute approximate surface area is 162 Å². The van der Waals surface area contributed by atoms with Crippen molar-refractivity contribution in [2.45, 2.75) is 38.5 Å². The highest BCUT2D eigenvalue weighted by molar-refractivity contribution is 8.16. The van der Waals surface area contributed by atoms with Gasteiger partial charge in [-0.25, -0.2) is 0 Å². The lowest BCUT2D eigenvalue weighted by Gasteiger charge is -2.50. The molecule has 0 amide bonds. The fourth-order valence-electron chi connectivity index (χ4n) is 5.19. The molecular formula is C21H28N3PS. The molecule has 2 aliphatic carbocycles. The molecule has 1 aromatic rings. The third-order valence-corrected chi connectivity index (χ3v) is 11.7. The van der Waals surface area contributed by atoms with E-state index in [0.29, 0.717) is 0 Å². The summed E-state index contributed by atoms with van der Waals surface area (Å²) < 4.78 is 5.37. The van der Waals surface area contributed by atoms with Crippen molar-refractivity contribution in [2.24, 2.45) is 0 Å². The Morgan fingerprint density at radius 2 is 1.54 bits per heavy atom. The maximum absolute atomic E-state index is 6.73. The molecule has 0 unspecified atom stereocenters. The van der Waals surface area contributed by atoms with E-state index in [1.165, 1.54) is 44.2 Å². The van der Waals surface area contributed by atoms with Gasteiger partial charge >= 0.3 is 0 Å². The van der Waals surface area contributed by atoms with E-state index < -0.39 is 6.34 Å². The predicted molar refractivity (Wildman–Crippen MR) is 114 cm³/mol. The zero-order valence-electron chi connectivity index (χ0n) is 15.7. The van der Waals surface area contributed by atoms with Crippen LogP contribution in [0.1, 0.15) is 38.5 Å². The minimum Gasteiger partial charge on any atom is -0.304 e. The zero-order valence-corrected chi connectivity index (χ0v) is 17.4. The number of benzene rings is 1. The van der Waals surface area contributed by atoms with Crippen molar-refractivity contribution < 1.29 is 0 Å². The quantitative estimate of drug-likeness (QED) is 0.667. The summed E-state index contributed by atoms with van der Waals surface area (Å²) in [6, 6.07) is 11.0. The molecule has 0 spiro atoms. The second kappa shape index (κ2) is 6.60. The van der Waals surface area contributed by atoms with E-state index in [1.54, 1.807) is 22.2 Å². The van der Waals surface area contributed by atoms with E-state index in [9.17, 15) is 0 Å². The first-order valence-corrected chi connectivity index (χ1v) is 12.7. The summed E-state index contributed by atoms with van der Waals surface area (Å²) in [6.45, 7) is 4.48. The van der Waals surface area contributed by atoms with Crippen LogP contribution in [-0.2, 0) is 11.8 Å². The third kappa shape index (κ3) is 2.50. The number of para-hydroxylation sites is 1. The molecule has 1 aromatic carbocycles. The largest absolute Gasteiger partial charge is 0.304 e. The number of rotatable bonds is 2. The topological polar surface area (TPSA) is 9.72 Å². The summed E-state index contributed by atoms with van der Waals surface area (Å²) in [5.74, 6) is 0. The SMILES string of the molecule is CN1CCN([P@]2(=S)C3=C(CCC3)C3=C(CCC3)N2c2ccccc2)CC1. The number of piperazine rings is 1. The Hall–Kier alpha value is -0.930. The Bertz CT molecular complexity index is 821. The van der Waals surface area contributed by atoms with E-state index in [2.05, 4.69) is 51.6 Å². The van der Waals surface area contributed by atoms with Gasteiger partial charge in [0.25, 0.3) is 0 Å². The molecule has 138 valence electrons. The van der Waals surface area contributed by atoms with E-state index >= 15 is 0 Å². The van der Waals surface area contributed by atoms with Gasteiger partial charge in [0.15, 0.2) is 0 Å². The molecule has 0 bridgehead atoms. The lowest BCUT2D eigenvalue weighted by Crippen LogP contribution is -2.46. The number of hydrogen-bond acceptors (Lipinski definition) is 2. The summed E-state index contributed by atoms with van der Waals surface area (Å²) in [6.07, 6.45) is 5.62. The zero-order chi connectivity index (χ0) is 17.7. The molecule has 1 saturated heterocycles. The van der Waals surface area contributed by atoms with Crippen molar-refractivity contribution >= 4 is 23.8 Å². The Kier molecular flexibility index (Phi) is 4.36. The molecule has 5 heteroatoms. The molecule has 26 heavy (non-hydrogen) atoms. The van der Waals surface area contributed by atoms with Gasteiger partial charge in [-0.2, -0.15) is 0 Å². The van der Waals surface area contributed by atoms with E-state index in [-0.39, 0.29) is 0 Å². The highest BCUT2D eigenvalue weighted by Crippen LogP contribution is 2.71. The fraction of sp³-hybridized carbons (Fsp3) is 0.524. The van der Waals surface area contributed by atoms with Crippen molar-refractivity contribution in [3.05, 3.63) is 52.5 Å². The van der Waals surface area contributed by atoms with Gasteiger partial charge in [-0.15, -0.1) is 0 Å². The average Bonchev–Trinajstić information content (AvgIpc) is 3.32. The van der Waals surface area contributed by atoms with Crippen LogP contribution < -0.4 is 4.67 Å². The molecule has 1 fully saturated rings. The van der Waals surface area contributed by atoms with Gasteiger partial charge in [0, 0.05) is 37.6 Å². The second-order valence-corrected chi connectivity index (χ2v) is 12.1. The summed E-state index contributed by atoms with van der Waals surface area (Å²) in [4.78, 5) is 2.44. The van der Waals surface area contributed by atoms with Gasteiger partial charge in [0.1, 0.15) is 6.34 Å². The molecule has 0 aromatic heterocycles. The molecule has 2 heterocycles. The first-order chi connectivity index (χ1) is 12.7. The average molecular weight is 386 g/mol. The number of likely N-dealkylation sites (N-methyl/N-ethyl adjacent to an activating group) is 1. The van der Waals surface area contributed by atoms with Gasteiger partial charge in [0.05, 0.1) is 0 Å². The number of anilines is 1. The van der Waals surface area contributed by atoms with Crippen LogP contribution in [0.15, 0.2) is 52.5 Å². The van der Waals surface area contributed by atoms with E-state index in [4.69, 9.17) is 11.8 Å². The normalized spacial score (nSPS) is 30.1. The van der Waals surface area contributed by atoms with Crippen molar-refractivity contribution in [3.8, 4) is 0 Å². The molecule has 2 aliphatic heterocycles. The van der Waals surface area contributed by atoms with Gasteiger partial charge in [-0.05, 0) is 74.2 Å². The molecular weight excluding hydrogens is 357 g/mol. The minimum absolute atomic E-state index is 1.11. The third-order valence-electron chi connectivity index (χ3n) is 6.48. The smallest absolute Gasteiger partial charge is 0.130 e. The number of allylic oxidation sites excluding steroid dienone is 4. The maximum atomic E-state index is 6.73. The second-order valence-electron chi connectivity index (χ2n) is 8.01. The van der Waals surface area contributed by atoms with Crippen LogP contribution in [0.4, 0.5) is 5.69 Å². The van der Waals surface area contributed by atoms with Crippen LogP contribution in [0, 0.1) is 0 Å². The monoisotopic (exact) mass is 385 g/mol. The standard InChI is InChI=1S/C21H28N3PS/c1-22-13-15-23(16-14-22)25(26)21-12-6-10-19(21)18-9-5-11-20(18)24(25)17-7-3-2-4-8-17/h2-4,7-8H,5-6,9-16H2,1H3/t25-/m1/s1. The van der Waals surface area contributed by atoms with E-state index in [1.807, 2.05) is 0 Å². The summed E-state index contributed by atoms with van der Waals surface area (Å²) in [5.41, 5.74) is 6.24. The summed E-state index contributed by atoms with van der Waals surface area (Å²) in [7, 11) is 2.24. The van der Waals surface area contributed by atoms with Gasteiger partial charge < -0.3 is 9.57 Å². The van der Waals surface area contributed by atoms with E-state index in [0.717, 1.165) is 26.2 Å². The highest BCUT2D eigenvalue weighted by atomic mass is 32.4.